The molecule has 0 saturated carbocycles. The fraction of sp³-hybridized carbons (Fsp3) is 0.800. The molecular formula is C10H20N2O4. The lowest BCUT2D eigenvalue weighted by Gasteiger charge is -2.14. The van der Waals surface area contributed by atoms with E-state index in [1.54, 1.807) is 0 Å². The first-order chi connectivity index (χ1) is 7.47. The van der Waals surface area contributed by atoms with Gasteiger partial charge < -0.3 is 21.3 Å². The average Bonchev–Trinajstić information content (AvgIpc) is 2.15. The molecular weight excluding hydrogens is 212 g/mol. The van der Waals surface area contributed by atoms with Crippen LogP contribution in [0.1, 0.15) is 32.6 Å². The quantitative estimate of drug-likeness (QED) is 0.420. The van der Waals surface area contributed by atoms with Gasteiger partial charge in [-0.2, -0.15) is 0 Å². The molecule has 0 aliphatic carbocycles. The van der Waals surface area contributed by atoms with E-state index >= 15 is 0 Å². The summed E-state index contributed by atoms with van der Waals surface area (Å²) in [5.74, 6) is -1.51. The Bertz CT molecular complexity index is 231. The van der Waals surface area contributed by atoms with E-state index in [-0.39, 0.29) is 6.42 Å². The molecule has 2 atom stereocenters. The Balaban J connectivity index is 4.02. The maximum atomic E-state index is 11.2. The average molecular weight is 232 g/mol. The van der Waals surface area contributed by atoms with Crippen LogP contribution in [-0.2, 0) is 9.59 Å². The number of carboxylic acid groups (broad SMARTS) is 1. The first-order valence-corrected chi connectivity index (χ1v) is 5.37. The largest absolute Gasteiger partial charge is 0.480 e. The number of carbonyl (C=O) groups is 2. The Morgan fingerprint density at radius 1 is 1.38 bits per heavy atom. The normalized spacial score (nSPS) is 14.2. The van der Waals surface area contributed by atoms with Crippen LogP contribution in [0.15, 0.2) is 0 Å². The number of carboxylic acids is 1. The number of amides is 1. The molecule has 0 bridgehead atoms. The second kappa shape index (κ2) is 8.06. The highest BCUT2D eigenvalue weighted by atomic mass is 16.4. The highest BCUT2D eigenvalue weighted by Gasteiger charge is 2.19. The van der Waals surface area contributed by atoms with Crippen molar-refractivity contribution in [1.29, 1.82) is 0 Å². The highest BCUT2D eigenvalue weighted by molar-refractivity contribution is 5.83. The van der Waals surface area contributed by atoms with Crippen molar-refractivity contribution in [3.8, 4) is 0 Å². The van der Waals surface area contributed by atoms with Gasteiger partial charge in [-0.05, 0) is 32.7 Å². The minimum absolute atomic E-state index is 0.0827. The summed E-state index contributed by atoms with van der Waals surface area (Å²) in [6, 6.07) is -0.891. The van der Waals surface area contributed by atoms with Crippen LogP contribution in [0, 0.1) is 0 Å². The summed E-state index contributed by atoms with van der Waals surface area (Å²) in [4.78, 5) is 22.0. The van der Waals surface area contributed by atoms with Gasteiger partial charge in [-0.25, -0.2) is 4.79 Å². The van der Waals surface area contributed by atoms with Crippen molar-refractivity contribution in [3.05, 3.63) is 0 Å². The Morgan fingerprint density at radius 2 is 2.00 bits per heavy atom. The second-order valence-electron chi connectivity index (χ2n) is 3.80. The molecule has 0 rings (SSSR count). The van der Waals surface area contributed by atoms with Gasteiger partial charge in [0.2, 0.25) is 5.91 Å². The summed E-state index contributed by atoms with van der Waals surface area (Å²) in [5.41, 5.74) is 5.29. The molecule has 0 aromatic carbocycles. The summed E-state index contributed by atoms with van der Waals surface area (Å²) in [7, 11) is 0. The zero-order valence-corrected chi connectivity index (χ0v) is 9.48. The summed E-state index contributed by atoms with van der Waals surface area (Å²) in [6.45, 7) is 1.98. The lowest BCUT2D eigenvalue weighted by atomic mass is 10.1. The van der Waals surface area contributed by atoms with Gasteiger partial charge in [-0.1, -0.05) is 0 Å². The lowest BCUT2D eigenvalue weighted by molar-refractivity contribution is -0.142. The van der Waals surface area contributed by atoms with Crippen LogP contribution in [0.3, 0.4) is 0 Å². The topological polar surface area (TPSA) is 113 Å². The van der Waals surface area contributed by atoms with E-state index in [0.717, 1.165) is 6.42 Å². The molecule has 0 aliphatic heterocycles. The molecule has 6 nitrogen and oxygen atoms in total. The van der Waals surface area contributed by atoms with Gasteiger partial charge in [0.15, 0.2) is 0 Å². The molecule has 0 spiro atoms. The Hall–Kier alpha value is -1.14. The first kappa shape index (κ1) is 14.9. The van der Waals surface area contributed by atoms with E-state index in [2.05, 4.69) is 5.32 Å². The summed E-state index contributed by atoms with van der Waals surface area (Å²) >= 11 is 0. The maximum absolute atomic E-state index is 11.2. The third-order valence-electron chi connectivity index (χ3n) is 2.06. The molecule has 0 aliphatic rings. The van der Waals surface area contributed by atoms with Crippen molar-refractivity contribution in [2.24, 2.45) is 5.73 Å². The highest BCUT2D eigenvalue weighted by Crippen LogP contribution is 2.01. The first-order valence-electron chi connectivity index (χ1n) is 5.37. The van der Waals surface area contributed by atoms with Crippen LogP contribution in [0.4, 0.5) is 0 Å². The third kappa shape index (κ3) is 7.19. The molecule has 0 aromatic rings. The SMILES string of the molecule is CC(O)CC(=O)N[C@@H](CCCCN)C(=O)O. The van der Waals surface area contributed by atoms with Crippen molar-refractivity contribution in [3.63, 3.8) is 0 Å². The summed E-state index contributed by atoms with van der Waals surface area (Å²) < 4.78 is 0. The van der Waals surface area contributed by atoms with Gasteiger partial charge in [-0.3, -0.25) is 4.79 Å². The molecule has 1 amide bonds. The number of aliphatic hydroxyl groups excluding tert-OH is 1. The van der Waals surface area contributed by atoms with Crippen LogP contribution in [0.25, 0.3) is 0 Å². The van der Waals surface area contributed by atoms with Crippen LogP contribution >= 0.6 is 0 Å². The number of rotatable bonds is 8. The fourth-order valence-electron chi connectivity index (χ4n) is 1.27. The predicted molar refractivity (Wildman–Crippen MR) is 58.8 cm³/mol. The van der Waals surface area contributed by atoms with Crippen molar-refractivity contribution in [2.75, 3.05) is 6.54 Å². The summed E-state index contributed by atoms with van der Waals surface area (Å²) in [5, 5.41) is 20.2. The minimum atomic E-state index is -1.06. The third-order valence-corrected chi connectivity index (χ3v) is 2.06. The minimum Gasteiger partial charge on any atom is -0.480 e. The fourth-order valence-corrected chi connectivity index (χ4v) is 1.27. The van der Waals surface area contributed by atoms with Gasteiger partial charge in [-0.15, -0.1) is 0 Å². The molecule has 1 unspecified atom stereocenters. The molecule has 6 heteroatoms. The standard InChI is InChI=1S/C10H20N2O4/c1-7(13)6-9(14)12-8(10(15)16)4-2-3-5-11/h7-8,13H,2-6,11H2,1H3,(H,12,14)(H,15,16)/t7?,8-/m0/s1. The predicted octanol–water partition coefficient (Wildman–Crippen LogP) is -0.544. The Kier molecular flexibility index (Phi) is 7.49. The number of aliphatic hydroxyl groups is 1. The molecule has 5 N–H and O–H groups in total. The number of hydrogen-bond donors (Lipinski definition) is 4. The molecule has 0 fully saturated rings. The van der Waals surface area contributed by atoms with Gasteiger partial charge in [0.25, 0.3) is 0 Å². The van der Waals surface area contributed by atoms with E-state index < -0.39 is 24.0 Å². The van der Waals surface area contributed by atoms with Crippen molar-refractivity contribution in [1.82, 2.24) is 5.32 Å². The number of hydrogen-bond acceptors (Lipinski definition) is 4. The van der Waals surface area contributed by atoms with Crippen LogP contribution in [0.5, 0.6) is 0 Å². The second-order valence-corrected chi connectivity index (χ2v) is 3.80. The Labute approximate surface area is 94.8 Å². The van der Waals surface area contributed by atoms with Crippen molar-refractivity contribution in [2.45, 2.75) is 44.8 Å². The lowest BCUT2D eigenvalue weighted by Crippen LogP contribution is -2.41. The zero-order chi connectivity index (χ0) is 12.6. The monoisotopic (exact) mass is 232 g/mol. The van der Waals surface area contributed by atoms with Crippen LogP contribution in [-0.4, -0.2) is 40.8 Å². The van der Waals surface area contributed by atoms with E-state index in [4.69, 9.17) is 15.9 Å². The molecule has 94 valence electrons. The molecule has 16 heavy (non-hydrogen) atoms. The van der Waals surface area contributed by atoms with Gasteiger partial charge >= 0.3 is 5.97 Å². The maximum Gasteiger partial charge on any atom is 0.326 e. The number of nitrogens with two attached hydrogens (primary N) is 1. The van der Waals surface area contributed by atoms with E-state index in [0.29, 0.717) is 19.4 Å². The van der Waals surface area contributed by atoms with Crippen molar-refractivity contribution >= 4 is 11.9 Å². The Morgan fingerprint density at radius 3 is 2.44 bits per heavy atom. The zero-order valence-electron chi connectivity index (χ0n) is 9.48. The molecule has 0 aromatic heterocycles. The van der Waals surface area contributed by atoms with E-state index in [1.807, 2.05) is 0 Å². The number of aliphatic carboxylic acids is 1. The number of unbranched alkanes of at least 4 members (excludes halogenated alkanes) is 1. The number of carbonyl (C=O) groups excluding carboxylic acids is 1. The van der Waals surface area contributed by atoms with Crippen LogP contribution < -0.4 is 11.1 Å². The van der Waals surface area contributed by atoms with Crippen LogP contribution in [0.2, 0.25) is 0 Å². The number of nitrogens with one attached hydrogen (secondary N) is 1. The molecule has 0 heterocycles. The molecule has 0 radical (unpaired) electrons. The smallest absolute Gasteiger partial charge is 0.326 e. The van der Waals surface area contributed by atoms with E-state index in [9.17, 15) is 9.59 Å². The van der Waals surface area contributed by atoms with Gasteiger partial charge in [0.1, 0.15) is 6.04 Å². The van der Waals surface area contributed by atoms with Gasteiger partial charge in [0.05, 0.1) is 12.5 Å². The van der Waals surface area contributed by atoms with Crippen molar-refractivity contribution < 1.29 is 19.8 Å². The molecule has 0 saturated heterocycles. The van der Waals surface area contributed by atoms with E-state index in [1.165, 1.54) is 6.92 Å². The summed E-state index contributed by atoms with van der Waals surface area (Å²) in [6.07, 6.45) is 0.899. The van der Waals surface area contributed by atoms with Gasteiger partial charge in [0, 0.05) is 0 Å².